The quantitative estimate of drug-likeness (QED) is 0.799. The molecule has 0 amide bonds. The van der Waals surface area contributed by atoms with Gasteiger partial charge in [-0.2, -0.15) is 0 Å². The van der Waals surface area contributed by atoms with E-state index in [2.05, 4.69) is 9.97 Å². The molecule has 0 atom stereocenters. The maximum absolute atomic E-state index is 11.9. The van der Waals surface area contributed by atoms with E-state index in [4.69, 9.17) is 9.47 Å². The van der Waals surface area contributed by atoms with Gasteiger partial charge in [-0.1, -0.05) is 0 Å². The van der Waals surface area contributed by atoms with Gasteiger partial charge >= 0.3 is 5.97 Å². The van der Waals surface area contributed by atoms with Gasteiger partial charge in [0.15, 0.2) is 0 Å². The van der Waals surface area contributed by atoms with Crippen molar-refractivity contribution in [2.75, 3.05) is 13.7 Å². The molecule has 1 fully saturated rings. The number of hydrogen-bond acceptors (Lipinski definition) is 6. The Balaban J connectivity index is 1.66. The van der Waals surface area contributed by atoms with E-state index >= 15 is 0 Å². The van der Waals surface area contributed by atoms with E-state index in [0.717, 1.165) is 16.6 Å². The van der Waals surface area contributed by atoms with Gasteiger partial charge in [0.2, 0.25) is 5.88 Å². The minimum Gasteiger partial charge on any atom is -0.481 e. The van der Waals surface area contributed by atoms with Gasteiger partial charge in [-0.3, -0.25) is 9.78 Å². The Morgan fingerprint density at radius 2 is 2.08 bits per heavy atom. The lowest BCUT2D eigenvalue weighted by molar-refractivity contribution is -0.151. The Hall–Kier alpha value is -2.21. The molecule has 1 aliphatic carbocycles. The Kier molecular flexibility index (Phi) is 5.71. The van der Waals surface area contributed by atoms with E-state index in [0.29, 0.717) is 51.0 Å². The summed E-state index contributed by atoms with van der Waals surface area (Å²) in [6.07, 6.45) is 5.72. The van der Waals surface area contributed by atoms with E-state index in [1.807, 2.05) is 19.1 Å². The Labute approximate surface area is 153 Å². The van der Waals surface area contributed by atoms with E-state index < -0.39 is 5.60 Å². The number of ether oxygens (including phenoxy) is 2. The Morgan fingerprint density at radius 3 is 2.77 bits per heavy atom. The van der Waals surface area contributed by atoms with Crippen molar-refractivity contribution in [3.63, 3.8) is 0 Å². The van der Waals surface area contributed by atoms with Crippen LogP contribution in [0.2, 0.25) is 0 Å². The zero-order valence-electron chi connectivity index (χ0n) is 15.4. The second kappa shape index (κ2) is 7.99. The predicted octanol–water partition coefficient (Wildman–Crippen LogP) is 3.06. The third-order valence-electron chi connectivity index (χ3n) is 5.25. The number of aliphatic hydroxyl groups is 1. The van der Waals surface area contributed by atoms with E-state index in [9.17, 15) is 9.90 Å². The number of aromatic nitrogens is 2. The number of carbonyl (C=O) groups excluding carboxylic acids is 1. The lowest BCUT2D eigenvalue weighted by Crippen LogP contribution is -2.37. The third-order valence-corrected chi connectivity index (χ3v) is 5.25. The van der Waals surface area contributed by atoms with Crippen LogP contribution in [0.25, 0.3) is 11.0 Å². The lowest BCUT2D eigenvalue weighted by atomic mass is 9.76. The standard InChI is InChI=1S/C20H26N2O4/c1-3-26-19(23)15-7-11-20(24,12-8-15)10-6-14-9-13-21-16-4-5-17(25-2)22-18(14)16/h4-5,9,13,15,24H,3,6-8,10-12H2,1-2H3/t15-,20-. The summed E-state index contributed by atoms with van der Waals surface area (Å²) in [4.78, 5) is 20.7. The van der Waals surface area contributed by atoms with Crippen LogP contribution in [0.15, 0.2) is 24.4 Å². The number of rotatable bonds is 6. The van der Waals surface area contributed by atoms with Crippen LogP contribution in [0, 0.1) is 5.92 Å². The molecular formula is C20H26N2O4. The first kappa shape index (κ1) is 18.6. The second-order valence-corrected chi connectivity index (χ2v) is 6.94. The zero-order chi connectivity index (χ0) is 18.6. The summed E-state index contributed by atoms with van der Waals surface area (Å²) in [7, 11) is 1.59. The van der Waals surface area contributed by atoms with Crippen molar-refractivity contribution in [3.05, 3.63) is 30.0 Å². The molecule has 0 saturated heterocycles. The van der Waals surface area contributed by atoms with Gasteiger partial charge in [0.05, 0.1) is 36.3 Å². The monoisotopic (exact) mass is 358 g/mol. The molecule has 3 rings (SSSR count). The fraction of sp³-hybridized carbons (Fsp3) is 0.550. The smallest absolute Gasteiger partial charge is 0.308 e. The van der Waals surface area contributed by atoms with Crippen LogP contribution < -0.4 is 4.74 Å². The second-order valence-electron chi connectivity index (χ2n) is 6.94. The number of esters is 1. The van der Waals surface area contributed by atoms with Gasteiger partial charge in [-0.15, -0.1) is 0 Å². The fourth-order valence-corrected chi connectivity index (χ4v) is 3.64. The summed E-state index contributed by atoms with van der Waals surface area (Å²) in [6.45, 7) is 2.23. The number of hydrogen-bond donors (Lipinski definition) is 1. The van der Waals surface area contributed by atoms with Gasteiger partial charge in [-0.05, 0) is 63.1 Å². The van der Waals surface area contributed by atoms with Crippen LogP contribution in [0.5, 0.6) is 5.88 Å². The number of pyridine rings is 2. The molecule has 6 heteroatoms. The maximum Gasteiger partial charge on any atom is 0.308 e. The van der Waals surface area contributed by atoms with Crippen LogP contribution in [0.4, 0.5) is 0 Å². The predicted molar refractivity (Wildman–Crippen MR) is 98.0 cm³/mol. The average molecular weight is 358 g/mol. The third kappa shape index (κ3) is 4.12. The van der Waals surface area contributed by atoms with Crippen molar-refractivity contribution < 1.29 is 19.4 Å². The van der Waals surface area contributed by atoms with Gasteiger partial charge in [-0.25, -0.2) is 4.98 Å². The van der Waals surface area contributed by atoms with Crippen molar-refractivity contribution in [1.82, 2.24) is 9.97 Å². The minimum absolute atomic E-state index is 0.0806. The number of methoxy groups -OCH3 is 1. The maximum atomic E-state index is 11.9. The van der Waals surface area contributed by atoms with Crippen LogP contribution in [0.1, 0.15) is 44.6 Å². The molecule has 2 aromatic rings. The van der Waals surface area contributed by atoms with Gasteiger partial charge < -0.3 is 14.6 Å². The zero-order valence-corrected chi connectivity index (χ0v) is 15.4. The molecule has 6 nitrogen and oxygen atoms in total. The summed E-state index contributed by atoms with van der Waals surface area (Å²) >= 11 is 0. The molecule has 0 spiro atoms. The highest BCUT2D eigenvalue weighted by molar-refractivity contribution is 5.78. The molecular weight excluding hydrogens is 332 g/mol. The summed E-state index contributed by atoms with van der Waals surface area (Å²) in [5.41, 5.74) is 1.95. The molecule has 0 bridgehead atoms. The van der Waals surface area contributed by atoms with Crippen LogP contribution in [0.3, 0.4) is 0 Å². The normalized spacial score (nSPS) is 23.0. The van der Waals surface area contributed by atoms with E-state index in [1.54, 1.807) is 19.4 Å². The number of nitrogens with zero attached hydrogens (tertiary/aromatic N) is 2. The van der Waals surface area contributed by atoms with Crippen molar-refractivity contribution in [1.29, 1.82) is 0 Å². The first-order valence-electron chi connectivity index (χ1n) is 9.22. The highest BCUT2D eigenvalue weighted by Crippen LogP contribution is 2.36. The molecule has 0 radical (unpaired) electrons. The average Bonchev–Trinajstić information content (AvgIpc) is 2.66. The Bertz CT molecular complexity index is 769. The van der Waals surface area contributed by atoms with Gasteiger partial charge in [0.25, 0.3) is 0 Å². The first-order chi connectivity index (χ1) is 12.5. The lowest BCUT2D eigenvalue weighted by Gasteiger charge is -2.35. The van der Waals surface area contributed by atoms with Crippen LogP contribution in [-0.2, 0) is 16.0 Å². The highest BCUT2D eigenvalue weighted by atomic mass is 16.5. The molecule has 1 N–H and O–H groups in total. The van der Waals surface area contributed by atoms with Crippen molar-refractivity contribution in [2.45, 2.75) is 51.0 Å². The molecule has 26 heavy (non-hydrogen) atoms. The van der Waals surface area contributed by atoms with Crippen molar-refractivity contribution >= 4 is 17.0 Å². The number of carbonyl (C=O) groups is 1. The summed E-state index contributed by atoms with van der Waals surface area (Å²) in [6, 6.07) is 5.63. The van der Waals surface area contributed by atoms with Gasteiger partial charge in [0, 0.05) is 12.3 Å². The molecule has 0 aromatic carbocycles. The van der Waals surface area contributed by atoms with E-state index in [1.165, 1.54) is 0 Å². The summed E-state index contributed by atoms with van der Waals surface area (Å²) < 4.78 is 10.3. The van der Waals surface area contributed by atoms with Crippen molar-refractivity contribution in [2.24, 2.45) is 5.92 Å². The molecule has 140 valence electrons. The number of aryl methyl sites for hydroxylation is 1. The molecule has 1 saturated carbocycles. The Morgan fingerprint density at radius 1 is 1.31 bits per heavy atom. The van der Waals surface area contributed by atoms with Crippen LogP contribution in [-0.4, -0.2) is 40.4 Å². The van der Waals surface area contributed by atoms with E-state index in [-0.39, 0.29) is 11.9 Å². The molecule has 2 heterocycles. The topological polar surface area (TPSA) is 81.5 Å². The summed E-state index contributed by atoms with van der Waals surface area (Å²) in [5.74, 6) is 0.342. The molecule has 0 aliphatic heterocycles. The molecule has 0 unspecified atom stereocenters. The minimum atomic E-state index is -0.739. The molecule has 2 aromatic heterocycles. The summed E-state index contributed by atoms with van der Waals surface area (Å²) in [5, 5.41) is 10.9. The molecule has 1 aliphatic rings. The SMILES string of the molecule is CCOC(=O)[C@H]1CC[C@@](O)(CCc2ccnc3ccc(OC)nc23)CC1. The number of fused-ring (bicyclic) bond motifs is 1. The van der Waals surface area contributed by atoms with Gasteiger partial charge in [0.1, 0.15) is 0 Å². The van der Waals surface area contributed by atoms with Crippen LogP contribution >= 0.6 is 0 Å². The first-order valence-corrected chi connectivity index (χ1v) is 9.22. The fourth-order valence-electron chi connectivity index (χ4n) is 3.64. The largest absolute Gasteiger partial charge is 0.481 e. The van der Waals surface area contributed by atoms with Crippen molar-refractivity contribution in [3.8, 4) is 5.88 Å². The highest BCUT2D eigenvalue weighted by Gasteiger charge is 2.36.